The number of carbonyl (C=O) groups is 3. The van der Waals surface area contributed by atoms with Crippen LogP contribution in [0.2, 0.25) is 0 Å². The summed E-state index contributed by atoms with van der Waals surface area (Å²) in [5.74, 6) is -3.25. The van der Waals surface area contributed by atoms with Crippen molar-refractivity contribution < 1.29 is 33.3 Å². The molecule has 9 heteroatoms. The summed E-state index contributed by atoms with van der Waals surface area (Å²) in [5.41, 5.74) is 6.53. The molecule has 1 atom stereocenters. The van der Waals surface area contributed by atoms with Crippen LogP contribution in [0.4, 0.5) is 0 Å². The molecule has 28 heavy (non-hydrogen) atoms. The minimum Gasteiger partial charge on any atom is -0.469 e. The smallest absolute Gasteiger partial charge is 0.338 e. The number of hydrogen-bond donors (Lipinski definition) is 1. The van der Waals surface area contributed by atoms with Crippen molar-refractivity contribution in [1.29, 1.82) is 5.26 Å². The van der Waals surface area contributed by atoms with E-state index in [1.807, 2.05) is 6.07 Å². The predicted octanol–water partition coefficient (Wildman–Crippen LogP) is 1.27. The van der Waals surface area contributed by atoms with Gasteiger partial charge in [0.25, 0.3) is 0 Å². The van der Waals surface area contributed by atoms with Gasteiger partial charge in [-0.1, -0.05) is 12.1 Å². The van der Waals surface area contributed by atoms with E-state index in [-0.39, 0.29) is 34.8 Å². The quantitative estimate of drug-likeness (QED) is 0.585. The van der Waals surface area contributed by atoms with Gasteiger partial charge < -0.3 is 24.7 Å². The molecule has 1 aliphatic heterocycles. The van der Waals surface area contributed by atoms with Crippen molar-refractivity contribution in [3.8, 4) is 6.07 Å². The zero-order chi connectivity index (χ0) is 20.8. The summed E-state index contributed by atoms with van der Waals surface area (Å²) in [7, 11) is 3.60. The SMILES string of the molecule is COC(=O)CC1=C(C(=O)OC)[C@H](c2ccc(C(=O)OC)cc2)C(C#N)=C(N)O1. The lowest BCUT2D eigenvalue weighted by Crippen LogP contribution is -2.27. The number of esters is 3. The Balaban J connectivity index is 2.63. The van der Waals surface area contributed by atoms with Gasteiger partial charge in [-0.05, 0) is 17.7 Å². The second-order valence-electron chi connectivity index (χ2n) is 5.62. The maximum atomic E-state index is 12.5. The Morgan fingerprint density at radius 2 is 1.68 bits per heavy atom. The molecule has 0 unspecified atom stereocenters. The lowest BCUT2D eigenvalue weighted by molar-refractivity contribution is -0.140. The summed E-state index contributed by atoms with van der Waals surface area (Å²) >= 11 is 0. The van der Waals surface area contributed by atoms with Crippen molar-refractivity contribution in [2.45, 2.75) is 12.3 Å². The van der Waals surface area contributed by atoms with Crippen LogP contribution >= 0.6 is 0 Å². The first-order chi connectivity index (χ1) is 13.4. The zero-order valence-electron chi connectivity index (χ0n) is 15.5. The van der Waals surface area contributed by atoms with Crippen molar-refractivity contribution in [3.05, 3.63) is 58.2 Å². The molecule has 0 radical (unpaired) electrons. The Kier molecular flexibility index (Phi) is 6.39. The molecule has 0 aromatic heterocycles. The van der Waals surface area contributed by atoms with Crippen LogP contribution < -0.4 is 5.73 Å². The molecule has 146 valence electrons. The molecule has 0 amide bonds. The summed E-state index contributed by atoms with van der Waals surface area (Å²) < 4.78 is 19.5. The molecule has 2 N–H and O–H groups in total. The van der Waals surface area contributed by atoms with Gasteiger partial charge in [0.05, 0.1) is 38.4 Å². The molecule has 0 spiro atoms. The molecule has 0 saturated heterocycles. The molecule has 1 aliphatic rings. The normalized spacial score (nSPS) is 16.0. The van der Waals surface area contributed by atoms with Gasteiger partial charge in [-0.25, -0.2) is 9.59 Å². The van der Waals surface area contributed by atoms with Gasteiger partial charge in [-0.3, -0.25) is 4.79 Å². The fraction of sp³-hybridized carbons (Fsp3) is 0.263. The van der Waals surface area contributed by atoms with E-state index >= 15 is 0 Å². The van der Waals surface area contributed by atoms with Crippen molar-refractivity contribution in [3.63, 3.8) is 0 Å². The number of allylic oxidation sites excluding steroid dienone is 1. The molecule has 2 rings (SSSR count). The Hall–Kier alpha value is -3.80. The van der Waals surface area contributed by atoms with Crippen molar-refractivity contribution >= 4 is 17.9 Å². The third kappa shape index (κ3) is 3.96. The van der Waals surface area contributed by atoms with E-state index < -0.39 is 23.8 Å². The maximum absolute atomic E-state index is 12.5. The lowest BCUT2D eigenvalue weighted by Gasteiger charge is -2.27. The van der Waals surface area contributed by atoms with Gasteiger partial charge >= 0.3 is 17.9 Å². The number of methoxy groups -OCH3 is 3. The van der Waals surface area contributed by atoms with Gasteiger partial charge in [0, 0.05) is 0 Å². The highest BCUT2D eigenvalue weighted by molar-refractivity contribution is 5.94. The van der Waals surface area contributed by atoms with E-state index in [0.29, 0.717) is 5.56 Å². The van der Waals surface area contributed by atoms with Crippen molar-refractivity contribution in [2.24, 2.45) is 5.73 Å². The monoisotopic (exact) mass is 386 g/mol. The number of nitriles is 1. The van der Waals surface area contributed by atoms with Crippen LogP contribution in [0.25, 0.3) is 0 Å². The zero-order valence-corrected chi connectivity index (χ0v) is 15.5. The number of ether oxygens (including phenoxy) is 4. The lowest BCUT2D eigenvalue weighted by atomic mass is 9.82. The summed E-state index contributed by atoms with van der Waals surface area (Å²) in [4.78, 5) is 35.8. The topological polar surface area (TPSA) is 138 Å². The summed E-state index contributed by atoms with van der Waals surface area (Å²) in [6.45, 7) is 0. The first-order valence-corrected chi connectivity index (χ1v) is 8.01. The molecule has 9 nitrogen and oxygen atoms in total. The van der Waals surface area contributed by atoms with Crippen LogP contribution in [-0.4, -0.2) is 39.2 Å². The number of carbonyl (C=O) groups excluding carboxylic acids is 3. The minimum absolute atomic E-state index is 0.0279. The Morgan fingerprint density at radius 3 is 2.18 bits per heavy atom. The van der Waals surface area contributed by atoms with E-state index in [4.69, 9.17) is 15.2 Å². The summed E-state index contributed by atoms with van der Waals surface area (Å²) in [5, 5.41) is 9.55. The molecular weight excluding hydrogens is 368 g/mol. The summed E-state index contributed by atoms with van der Waals surface area (Å²) in [6.07, 6.45) is -0.378. The highest BCUT2D eigenvalue weighted by Gasteiger charge is 2.38. The van der Waals surface area contributed by atoms with Crippen LogP contribution in [0.1, 0.15) is 28.3 Å². The van der Waals surface area contributed by atoms with E-state index in [2.05, 4.69) is 9.47 Å². The Bertz CT molecular complexity index is 907. The Labute approximate surface area is 160 Å². The van der Waals surface area contributed by atoms with Crippen molar-refractivity contribution in [2.75, 3.05) is 21.3 Å². The van der Waals surface area contributed by atoms with E-state index in [9.17, 15) is 19.6 Å². The fourth-order valence-corrected chi connectivity index (χ4v) is 2.75. The third-order valence-electron chi connectivity index (χ3n) is 4.10. The highest BCUT2D eigenvalue weighted by Crippen LogP contribution is 2.40. The largest absolute Gasteiger partial charge is 0.469 e. The van der Waals surface area contributed by atoms with E-state index in [0.717, 1.165) is 7.11 Å². The molecule has 1 heterocycles. The van der Waals surface area contributed by atoms with Gasteiger partial charge in [-0.2, -0.15) is 5.26 Å². The van der Waals surface area contributed by atoms with Gasteiger partial charge in [0.15, 0.2) is 0 Å². The number of rotatable bonds is 5. The van der Waals surface area contributed by atoms with Crippen LogP contribution in [0.5, 0.6) is 0 Å². The average Bonchev–Trinajstić information content (AvgIpc) is 2.72. The Morgan fingerprint density at radius 1 is 1.07 bits per heavy atom. The standard InChI is InChI=1S/C19H18N2O7/c1-25-14(22)8-13-16(19(24)27-3)15(12(9-20)17(21)28-13)10-4-6-11(7-5-10)18(23)26-2/h4-7,15H,8,21H2,1-3H3/t15-/m1/s1. The first kappa shape index (κ1) is 20.5. The maximum Gasteiger partial charge on any atom is 0.338 e. The van der Waals surface area contributed by atoms with Crippen LogP contribution in [-0.2, 0) is 28.5 Å². The van der Waals surface area contributed by atoms with Gasteiger partial charge in [0.1, 0.15) is 23.8 Å². The third-order valence-corrected chi connectivity index (χ3v) is 4.10. The number of benzene rings is 1. The summed E-state index contributed by atoms with van der Waals surface area (Å²) in [6, 6.07) is 7.99. The molecule has 1 aromatic rings. The van der Waals surface area contributed by atoms with Crippen LogP contribution in [0.15, 0.2) is 47.1 Å². The molecule has 1 aromatic carbocycles. The predicted molar refractivity (Wildman–Crippen MR) is 94.1 cm³/mol. The average molecular weight is 386 g/mol. The molecule has 0 bridgehead atoms. The number of nitrogens with zero attached hydrogens (tertiary/aromatic N) is 1. The van der Waals surface area contributed by atoms with E-state index in [1.165, 1.54) is 26.4 Å². The number of hydrogen-bond acceptors (Lipinski definition) is 9. The highest BCUT2D eigenvalue weighted by atomic mass is 16.5. The minimum atomic E-state index is -0.947. The van der Waals surface area contributed by atoms with Gasteiger partial charge in [-0.15, -0.1) is 0 Å². The molecule has 0 fully saturated rings. The molecule has 0 saturated carbocycles. The first-order valence-electron chi connectivity index (χ1n) is 8.01. The van der Waals surface area contributed by atoms with Gasteiger partial charge in [0.2, 0.25) is 5.88 Å². The van der Waals surface area contributed by atoms with Crippen LogP contribution in [0, 0.1) is 11.3 Å². The second kappa shape index (κ2) is 8.73. The van der Waals surface area contributed by atoms with Crippen LogP contribution in [0.3, 0.4) is 0 Å². The van der Waals surface area contributed by atoms with Crippen molar-refractivity contribution in [1.82, 2.24) is 0 Å². The molecule has 0 aliphatic carbocycles. The second-order valence-corrected chi connectivity index (χ2v) is 5.62. The molecular formula is C19H18N2O7. The fourth-order valence-electron chi connectivity index (χ4n) is 2.75. The van der Waals surface area contributed by atoms with E-state index in [1.54, 1.807) is 12.1 Å². The number of nitrogens with two attached hydrogens (primary N) is 1.